The summed E-state index contributed by atoms with van der Waals surface area (Å²) < 4.78 is 12.1. The summed E-state index contributed by atoms with van der Waals surface area (Å²) >= 11 is 0. The van der Waals surface area contributed by atoms with Crippen LogP contribution in [-0.2, 0) is 105 Å². The van der Waals surface area contributed by atoms with E-state index in [2.05, 4.69) is 99.7 Å². The number of nitrogens with one attached hydrogen (secondary N) is 20. The number of esters is 1. The maximum atomic E-state index is 14.3. The van der Waals surface area contributed by atoms with E-state index in [9.17, 15) is 121 Å². The number of ether oxygens (including phenoxy) is 2. The lowest BCUT2D eigenvalue weighted by atomic mass is 9.77. The second kappa shape index (κ2) is 48.6. The zero-order valence-corrected chi connectivity index (χ0v) is 74.1. The van der Waals surface area contributed by atoms with Gasteiger partial charge in [0.25, 0.3) is 11.8 Å². The molecule has 51 heteroatoms. The molecule has 14 atom stereocenters. The Kier molecular flexibility index (Phi) is 38.0. The fourth-order valence-corrected chi connectivity index (χ4v) is 13.6. The summed E-state index contributed by atoms with van der Waals surface area (Å²) in [6, 6.07) is -9.17. The number of carboxylic acids is 3. The number of hydrogen-bond donors (Lipinski definition) is 27. The summed E-state index contributed by atoms with van der Waals surface area (Å²) in [6.45, 7) is 11.5. The molecule has 3 aromatic carbocycles. The third-order valence-electron chi connectivity index (χ3n) is 21.2. The first kappa shape index (κ1) is 105. The number of aromatic hydroxyl groups is 2. The summed E-state index contributed by atoms with van der Waals surface area (Å²) in [4.78, 5) is 282. The van der Waals surface area contributed by atoms with Gasteiger partial charge in [-0.25, -0.2) is 29.8 Å². The quantitative estimate of drug-likeness (QED) is 0.00570. The number of primary amides is 1. The van der Waals surface area contributed by atoms with E-state index in [4.69, 9.17) is 26.4 Å². The van der Waals surface area contributed by atoms with Crippen LogP contribution < -0.4 is 107 Å². The van der Waals surface area contributed by atoms with E-state index in [-0.39, 0.29) is 102 Å². The number of urea groups is 1. The number of benzene rings is 3. The van der Waals surface area contributed by atoms with Gasteiger partial charge in [0, 0.05) is 85.4 Å². The van der Waals surface area contributed by atoms with Crippen molar-refractivity contribution in [3.8, 4) is 23.0 Å². The molecule has 0 saturated carbocycles. The number of nitrogens with zero attached hydrogens (tertiary/aromatic N) is 2. The molecule has 0 unspecified atom stereocenters. The van der Waals surface area contributed by atoms with Crippen LogP contribution in [0.1, 0.15) is 169 Å². The summed E-state index contributed by atoms with van der Waals surface area (Å²) in [5.74, 6) is -22.3. The van der Waals surface area contributed by atoms with Crippen molar-refractivity contribution in [2.75, 3.05) is 13.1 Å². The van der Waals surface area contributed by atoms with Gasteiger partial charge in [0.15, 0.2) is 11.6 Å². The summed E-state index contributed by atoms with van der Waals surface area (Å²) in [5.41, 5.74) is 14.1. The minimum atomic E-state index is -1.76. The second-order valence-corrected chi connectivity index (χ2v) is 32.0. The van der Waals surface area contributed by atoms with Gasteiger partial charge in [-0.15, -0.1) is 0 Å². The fourth-order valence-electron chi connectivity index (χ4n) is 13.6. The third-order valence-corrected chi connectivity index (χ3v) is 21.2. The van der Waals surface area contributed by atoms with E-state index in [0.29, 0.717) is 11.1 Å². The standard InChI is InChI=1S/C83H110N24O27/c1-10-37(4)65(78(128)106-107-82(132)103-54(21-24-63(114)115)73(123)94-38(5)66(116)90-33-61(111)98-55(79(129)130)12-11-25-89-81(85)86)105-74(124)53(20-23-62(112)113)99-68(118)41(8)97-75(125)56(27-44-31-87-34-91-44)101-69(119)40(7)93-67(117)39(6)96-76(126)57(28-45-32-88-35-92-45)102-77(127)64(36(2)3)104-70(120)42(9)95-72(122)52(19-22-60(84)110)100-71(121)43-13-16-49-48(26-43)80(131)134-83(49)50-17-14-46(108)29-58(50)133-59-30-47(109)15-18-51(59)83/h13-18,26,29-32,34-42,52-57,64-65,108-109H,10-12,19-25,27-28,33H2,1-9H3,(H2,84,110)(H,87,91)(H,88,92)(H,90,116)(H,93,117)(H,94,123)(H,95,122)(H,96,126)(H,97,125)(H,98,111)(H,99,118)(H,100,121)(H,101,119)(H,102,127)(H,104,120)(H,105,124)(H,106,128)(H,112,113)(H,114,115)(H,129,130)(H4,85,86,89)(H2,103,107,132)/t37-,38-,39-,40-,41-,42-,52-,53-,54-,55-,56-,57-,64-,65-/m0/s1. The van der Waals surface area contributed by atoms with Gasteiger partial charge in [0.2, 0.25) is 76.8 Å². The largest absolute Gasteiger partial charge is 0.508 e. The van der Waals surface area contributed by atoms with Crippen LogP contribution in [0.4, 0.5) is 4.79 Å². The average molecular weight is 1880 g/mol. The Bertz CT molecular complexity index is 5170. The molecule has 51 nitrogen and oxygen atoms in total. The van der Waals surface area contributed by atoms with Crippen LogP contribution in [0.25, 0.3) is 0 Å². The van der Waals surface area contributed by atoms with Crippen molar-refractivity contribution in [2.45, 2.75) is 217 Å². The molecule has 29 N–H and O–H groups in total. The number of hydrazine groups is 1. The number of carbonyl (C=O) groups is 20. The van der Waals surface area contributed by atoms with E-state index in [1.807, 2.05) is 10.9 Å². The maximum absolute atomic E-state index is 14.3. The molecular formula is C83H110N24O27. The molecule has 17 amide bonds. The number of phenols is 2. The third kappa shape index (κ3) is 30.0. The van der Waals surface area contributed by atoms with Crippen LogP contribution in [0.5, 0.6) is 23.0 Å². The summed E-state index contributed by atoms with van der Waals surface area (Å²) in [5, 5.41) is 92.4. The highest BCUT2D eigenvalue weighted by Crippen LogP contribution is 2.57. The predicted octanol–water partition coefficient (Wildman–Crippen LogP) is -5.01. The highest BCUT2D eigenvalue weighted by Gasteiger charge is 2.54. The van der Waals surface area contributed by atoms with Gasteiger partial charge < -0.3 is 136 Å². The number of rotatable bonds is 49. The number of hydrogen-bond acceptors (Lipinski definition) is 27. The SMILES string of the molecule is CC[C@H](C)[C@H](NC(=O)[C@H](CCC(=O)O)NC(=O)[C@H](C)NC(=O)[C@H](Cc1c[nH]cn1)NC(=O)[C@H](C)NC(=O)[C@H](C)NC(=O)[C@H](Cc1c[nH]cn1)NC(=O)[C@@H](NC(=O)[C@H](C)NC(=O)[C@H](CCC(N)=O)NC(=O)c1ccc2c(c1)C(=O)OC21c2ccc(O)cc2Oc2cc(O)ccc21)C(C)C)C(=O)NNC(=O)N[C@@H](CCC(=O)O)C(=O)N[C@@H](C)C(=O)NCC(=O)N[C@@H](CCCNC(=N)N)C(=O)O. The van der Waals surface area contributed by atoms with Crippen LogP contribution in [0.15, 0.2) is 79.6 Å². The van der Waals surface area contributed by atoms with Gasteiger partial charge in [0.05, 0.1) is 36.2 Å². The van der Waals surface area contributed by atoms with Gasteiger partial charge in [-0.05, 0) is 115 Å². The van der Waals surface area contributed by atoms with Crippen LogP contribution in [0, 0.1) is 17.2 Å². The Balaban J connectivity index is 0.927. The first-order valence-electron chi connectivity index (χ1n) is 42.2. The van der Waals surface area contributed by atoms with Crippen molar-refractivity contribution < 1.29 is 131 Å². The molecule has 724 valence electrons. The van der Waals surface area contributed by atoms with Crippen molar-refractivity contribution in [1.29, 1.82) is 5.41 Å². The zero-order valence-electron chi connectivity index (χ0n) is 74.1. The van der Waals surface area contributed by atoms with E-state index in [0.717, 1.165) is 13.8 Å². The predicted molar refractivity (Wildman–Crippen MR) is 463 cm³/mol. The minimum absolute atomic E-state index is 0.0772. The van der Waals surface area contributed by atoms with Crippen LogP contribution >= 0.6 is 0 Å². The Hall–Kier alpha value is -16.1. The Morgan fingerprint density at radius 2 is 0.903 bits per heavy atom. The average Bonchev–Trinajstić information content (AvgIpc) is 1.57. The van der Waals surface area contributed by atoms with Gasteiger partial charge in [-0.1, -0.05) is 40.2 Å². The lowest BCUT2D eigenvalue weighted by molar-refractivity contribution is -0.142. The van der Waals surface area contributed by atoms with E-state index in [1.54, 1.807) is 20.8 Å². The van der Waals surface area contributed by atoms with Crippen LogP contribution in [-0.4, -0.2) is 262 Å². The number of nitrogens with two attached hydrogens (primary N) is 2. The molecule has 7 rings (SSSR count). The van der Waals surface area contributed by atoms with Gasteiger partial charge in [0.1, 0.15) is 102 Å². The van der Waals surface area contributed by atoms with E-state index >= 15 is 0 Å². The number of phenolic OH excluding ortho intramolecular Hbond substituents is 2. The first-order chi connectivity index (χ1) is 63.2. The smallest absolute Gasteiger partial charge is 0.340 e. The molecule has 0 aliphatic carbocycles. The number of guanidine groups is 1. The molecule has 4 heterocycles. The Morgan fingerprint density at radius 3 is 1.38 bits per heavy atom. The fraction of sp³-hybridized carbons (Fsp3) is 0.458. The molecule has 2 aliphatic rings. The maximum Gasteiger partial charge on any atom is 0.340 e. The van der Waals surface area contributed by atoms with Gasteiger partial charge >= 0.3 is 29.9 Å². The van der Waals surface area contributed by atoms with Crippen molar-refractivity contribution in [3.05, 3.63) is 119 Å². The number of aliphatic carboxylic acids is 3. The number of imidazole rings is 2. The number of carboxylic acid groups (broad SMARTS) is 3. The van der Waals surface area contributed by atoms with E-state index < -0.39 is 253 Å². The Labute approximate surface area is 763 Å². The molecule has 0 bridgehead atoms. The molecular weight excluding hydrogens is 1770 g/mol. The van der Waals surface area contributed by atoms with Gasteiger partial charge in [-0.3, -0.25) is 92.3 Å². The number of fused-ring (bicyclic) bond motifs is 6. The van der Waals surface area contributed by atoms with Crippen molar-refractivity contribution >= 4 is 124 Å². The molecule has 134 heavy (non-hydrogen) atoms. The number of amides is 17. The van der Waals surface area contributed by atoms with Crippen molar-refractivity contribution in [1.82, 2.24) is 111 Å². The highest BCUT2D eigenvalue weighted by molar-refractivity contribution is 6.05. The molecule has 2 aromatic heterocycles. The van der Waals surface area contributed by atoms with Crippen molar-refractivity contribution in [2.24, 2.45) is 23.3 Å². The normalized spacial score (nSPS) is 15.0. The van der Waals surface area contributed by atoms with Crippen LogP contribution in [0.3, 0.4) is 0 Å². The first-order valence-corrected chi connectivity index (χ1v) is 42.2. The number of H-pyrrole nitrogens is 2. The van der Waals surface area contributed by atoms with Crippen molar-refractivity contribution in [3.63, 3.8) is 0 Å². The number of aromatic amines is 2. The molecule has 0 fully saturated rings. The second-order valence-electron chi connectivity index (χ2n) is 32.0. The summed E-state index contributed by atoms with van der Waals surface area (Å²) in [7, 11) is 0. The monoisotopic (exact) mass is 1870 g/mol. The molecule has 0 radical (unpaired) electrons. The zero-order chi connectivity index (χ0) is 99.3. The lowest BCUT2D eigenvalue weighted by Crippen LogP contribution is -2.61. The Morgan fingerprint density at radius 1 is 0.463 bits per heavy atom. The lowest BCUT2D eigenvalue weighted by Gasteiger charge is -2.36. The van der Waals surface area contributed by atoms with Gasteiger partial charge in [-0.2, -0.15) is 0 Å². The molecule has 1 spiro atoms. The van der Waals surface area contributed by atoms with Crippen LogP contribution in [0.2, 0.25) is 0 Å². The number of aromatic nitrogens is 4. The molecule has 0 saturated heterocycles. The molecule has 2 aliphatic heterocycles. The topological polar surface area (TPSA) is 799 Å². The van der Waals surface area contributed by atoms with E-state index in [1.165, 1.54) is 107 Å². The minimum Gasteiger partial charge on any atom is -0.508 e. The molecule has 5 aromatic rings. The summed E-state index contributed by atoms with van der Waals surface area (Å²) in [6.07, 6.45) is 1.36. The number of carbonyl (C=O) groups excluding carboxylic acids is 17. The highest BCUT2D eigenvalue weighted by atomic mass is 16.6.